The number of nitrogens with one attached hydrogen (secondary N) is 1. The van der Waals surface area contributed by atoms with E-state index in [-0.39, 0.29) is 0 Å². The molecule has 0 atom stereocenters. The van der Waals surface area contributed by atoms with Crippen molar-refractivity contribution in [2.75, 3.05) is 0 Å². The van der Waals surface area contributed by atoms with E-state index >= 15 is 0 Å². The molecule has 1 aliphatic rings. The van der Waals surface area contributed by atoms with Crippen molar-refractivity contribution < 1.29 is 4.72 Å². The Morgan fingerprint density at radius 3 is 1.12 bits per heavy atom. The largest absolute Gasteiger partial charge is 0.465 e. The molecular formula is C14H30B2N+. The van der Waals surface area contributed by atoms with Crippen LogP contribution in [-0.4, -0.2) is 19.2 Å². The van der Waals surface area contributed by atoms with Crippen LogP contribution in [0.4, 0.5) is 0 Å². The Labute approximate surface area is 109 Å². The summed E-state index contributed by atoms with van der Waals surface area (Å²) in [5, 5.41) is 0.665. The predicted molar refractivity (Wildman–Crippen MR) is 80.8 cm³/mol. The van der Waals surface area contributed by atoms with Crippen LogP contribution in [0.5, 0.6) is 0 Å². The summed E-state index contributed by atoms with van der Waals surface area (Å²) < 4.78 is 1.72. The van der Waals surface area contributed by atoms with E-state index in [1.54, 1.807) is 4.72 Å². The molecule has 1 nitrogen and oxygen atoms in total. The molecule has 17 heavy (non-hydrogen) atoms. The quantitative estimate of drug-likeness (QED) is 0.614. The van der Waals surface area contributed by atoms with E-state index < -0.39 is 0 Å². The Bertz CT molecular complexity index is 278. The van der Waals surface area contributed by atoms with Crippen LogP contribution in [0.15, 0.2) is 12.0 Å². The van der Waals surface area contributed by atoms with Crippen molar-refractivity contribution in [1.29, 1.82) is 0 Å². The Balaban J connectivity index is 3.12. The van der Waals surface area contributed by atoms with Gasteiger partial charge in [-0.05, 0) is 20.8 Å². The number of rotatable bonds is 0. The molecule has 0 saturated heterocycles. The molecule has 0 aromatic carbocycles. The van der Waals surface area contributed by atoms with Crippen molar-refractivity contribution in [2.45, 2.75) is 78.5 Å². The molecule has 1 heterocycles. The van der Waals surface area contributed by atoms with E-state index in [2.05, 4.69) is 74.3 Å². The van der Waals surface area contributed by atoms with E-state index in [1.807, 2.05) is 0 Å². The fraction of sp³-hybridized carbons (Fsp3) is 0.857. The van der Waals surface area contributed by atoms with Gasteiger partial charge in [0.1, 0.15) is 0 Å². The van der Waals surface area contributed by atoms with Gasteiger partial charge in [-0.25, -0.2) is 0 Å². The van der Waals surface area contributed by atoms with Crippen molar-refractivity contribution in [3.8, 4) is 0 Å². The van der Waals surface area contributed by atoms with Crippen LogP contribution in [0.3, 0.4) is 0 Å². The van der Waals surface area contributed by atoms with E-state index in [9.17, 15) is 0 Å². The third kappa shape index (κ3) is 3.19. The molecule has 3 heteroatoms. The second kappa shape index (κ2) is 4.19. The monoisotopic (exact) mass is 234 g/mol. The van der Waals surface area contributed by atoms with Crippen LogP contribution >= 0.6 is 0 Å². The number of quaternary nitrogens is 1. The summed E-state index contributed by atoms with van der Waals surface area (Å²) >= 11 is 0. The molecule has 0 aliphatic carbocycles. The van der Waals surface area contributed by atoms with Gasteiger partial charge in [-0.15, -0.1) is 0 Å². The Hall–Kier alpha value is -0.170. The first-order chi connectivity index (χ1) is 7.35. The summed E-state index contributed by atoms with van der Waals surface area (Å²) in [4.78, 5) is 0. The lowest BCUT2D eigenvalue weighted by Crippen LogP contribution is -3.28. The van der Waals surface area contributed by atoms with Gasteiger partial charge < -0.3 is 4.72 Å². The van der Waals surface area contributed by atoms with Crippen molar-refractivity contribution in [2.24, 2.45) is 0 Å². The highest BCUT2D eigenvalue weighted by molar-refractivity contribution is 6.76. The zero-order valence-electron chi connectivity index (χ0n) is 13.3. The number of hydrogen-bond donors (Lipinski definition) is 1. The van der Waals surface area contributed by atoms with Crippen molar-refractivity contribution in [3.63, 3.8) is 0 Å². The molecule has 1 rings (SSSR count). The minimum absolute atomic E-state index is 0.291. The van der Waals surface area contributed by atoms with E-state index in [0.717, 1.165) is 0 Å². The lowest BCUT2D eigenvalue weighted by molar-refractivity contribution is -0.733. The molecule has 0 bridgehead atoms. The summed E-state index contributed by atoms with van der Waals surface area (Å²) in [7, 11) is 0. The summed E-state index contributed by atoms with van der Waals surface area (Å²) in [6.07, 6.45) is 0. The molecule has 1 N–H and O–H groups in total. The summed E-state index contributed by atoms with van der Waals surface area (Å²) in [5.74, 6) is 4.91. The lowest BCUT2D eigenvalue weighted by Gasteiger charge is -2.44. The maximum Gasteiger partial charge on any atom is 0.417 e. The van der Waals surface area contributed by atoms with Gasteiger partial charge in [0.25, 0.3) is 0 Å². The van der Waals surface area contributed by atoms with Gasteiger partial charge in [0.05, 0.1) is 5.54 Å². The molecule has 0 radical (unpaired) electrons. The van der Waals surface area contributed by atoms with Gasteiger partial charge in [0.2, 0.25) is 0 Å². The lowest BCUT2D eigenvalue weighted by atomic mass is 9.36. The average Bonchev–Trinajstić information content (AvgIpc) is 2.42. The van der Waals surface area contributed by atoms with Crippen LogP contribution in [0.2, 0.25) is 10.6 Å². The molecule has 0 fully saturated rings. The highest BCUT2D eigenvalue weighted by atomic mass is 15.1. The summed E-state index contributed by atoms with van der Waals surface area (Å²) in [5.41, 5.74) is 0.291. The predicted octanol–water partition coefficient (Wildman–Crippen LogP) is 2.90. The standard InChI is InChI=1S/C14H29B2N/c1-12(2,3)15-10-11-16(13(4,5)6)17(15)14(7,8)9/h10-11H,1-9H3/p+1. The summed E-state index contributed by atoms with van der Waals surface area (Å²) in [6.45, 7) is 22.5. The van der Waals surface area contributed by atoms with Gasteiger partial charge in [-0.2, -0.15) is 0 Å². The van der Waals surface area contributed by atoms with Crippen LogP contribution in [-0.2, 0) is 0 Å². The van der Waals surface area contributed by atoms with E-state index in [0.29, 0.717) is 29.9 Å². The van der Waals surface area contributed by atoms with Crippen LogP contribution in [0.1, 0.15) is 62.3 Å². The second-order valence-electron chi connectivity index (χ2n) is 8.78. The molecule has 0 unspecified atom stereocenters. The maximum atomic E-state index is 2.45. The Morgan fingerprint density at radius 1 is 0.647 bits per heavy atom. The first-order valence-electron chi connectivity index (χ1n) is 6.90. The molecule has 1 aliphatic heterocycles. The first kappa shape index (κ1) is 14.9. The Morgan fingerprint density at radius 2 is 0.941 bits per heavy atom. The number of hydrogen-bond acceptors (Lipinski definition) is 0. The Kier molecular flexibility index (Phi) is 3.67. The molecule has 0 spiro atoms. The molecule has 0 amide bonds. The van der Waals surface area contributed by atoms with E-state index in [4.69, 9.17) is 0 Å². The third-order valence-electron chi connectivity index (χ3n) is 3.90. The van der Waals surface area contributed by atoms with Gasteiger partial charge >= 0.3 is 13.7 Å². The summed E-state index contributed by atoms with van der Waals surface area (Å²) in [6, 6.07) is 0. The van der Waals surface area contributed by atoms with E-state index in [1.165, 1.54) is 0 Å². The second-order valence-corrected chi connectivity index (χ2v) is 8.78. The normalized spacial score (nSPS) is 19.4. The van der Waals surface area contributed by atoms with Gasteiger partial charge in [-0.3, -0.25) is 0 Å². The van der Waals surface area contributed by atoms with Crippen molar-refractivity contribution in [3.05, 3.63) is 12.0 Å². The molecule has 96 valence electrons. The smallest absolute Gasteiger partial charge is 0.417 e. The topological polar surface area (TPSA) is 4.44 Å². The first-order valence-corrected chi connectivity index (χ1v) is 6.90. The van der Waals surface area contributed by atoms with Crippen LogP contribution in [0, 0.1) is 0 Å². The van der Waals surface area contributed by atoms with Crippen molar-refractivity contribution in [1.82, 2.24) is 0 Å². The zero-order chi connectivity index (χ0) is 13.6. The minimum Gasteiger partial charge on any atom is -0.465 e. The van der Waals surface area contributed by atoms with Gasteiger partial charge in [0.15, 0.2) is 0 Å². The zero-order valence-corrected chi connectivity index (χ0v) is 13.3. The van der Waals surface area contributed by atoms with Crippen LogP contribution < -0.4 is 4.72 Å². The molecule has 0 aromatic heterocycles. The molecular weight excluding hydrogens is 204 g/mol. The SMILES string of the molecule is CC(C)(C)B1C=CB(C(C)(C)C)[NH+]1C(C)(C)C. The van der Waals surface area contributed by atoms with Crippen molar-refractivity contribution >= 4 is 13.7 Å². The molecule has 0 aromatic rings. The molecule has 0 saturated carbocycles. The fourth-order valence-electron chi connectivity index (χ4n) is 3.07. The maximum absolute atomic E-state index is 2.45. The van der Waals surface area contributed by atoms with Gasteiger partial charge in [0, 0.05) is 10.6 Å². The van der Waals surface area contributed by atoms with Gasteiger partial charge in [-0.1, -0.05) is 53.5 Å². The van der Waals surface area contributed by atoms with Crippen LogP contribution in [0.25, 0.3) is 0 Å². The third-order valence-corrected chi connectivity index (χ3v) is 3.90. The minimum atomic E-state index is 0.291. The average molecular weight is 234 g/mol. The highest BCUT2D eigenvalue weighted by Gasteiger charge is 2.56. The fourth-order valence-corrected chi connectivity index (χ4v) is 3.07. The highest BCUT2D eigenvalue weighted by Crippen LogP contribution is 2.32.